The Morgan fingerprint density at radius 3 is 2.89 bits per heavy atom. The zero-order chi connectivity index (χ0) is 13.7. The van der Waals surface area contributed by atoms with Crippen molar-refractivity contribution in [3.63, 3.8) is 0 Å². The third-order valence-electron chi connectivity index (χ3n) is 2.76. The Morgan fingerprint density at radius 1 is 1.42 bits per heavy atom. The molecule has 0 radical (unpaired) electrons. The van der Waals surface area contributed by atoms with Crippen molar-refractivity contribution in [2.45, 2.75) is 13.5 Å². The van der Waals surface area contributed by atoms with Crippen LogP contribution in [0.2, 0.25) is 0 Å². The molecular weight excluding hydrogens is 244 g/mol. The van der Waals surface area contributed by atoms with E-state index < -0.39 is 0 Å². The third-order valence-corrected chi connectivity index (χ3v) is 2.76. The predicted molar refractivity (Wildman–Crippen MR) is 71.8 cm³/mol. The van der Waals surface area contributed by atoms with E-state index in [1.54, 1.807) is 0 Å². The zero-order valence-corrected chi connectivity index (χ0v) is 10.9. The van der Waals surface area contributed by atoms with Crippen molar-refractivity contribution >= 4 is 17.3 Å². The van der Waals surface area contributed by atoms with Gasteiger partial charge in [0.1, 0.15) is 12.9 Å². The highest BCUT2D eigenvalue weighted by Gasteiger charge is 2.09. The van der Waals surface area contributed by atoms with E-state index in [0.717, 1.165) is 17.9 Å². The van der Waals surface area contributed by atoms with E-state index in [1.165, 1.54) is 11.0 Å². The Morgan fingerprint density at radius 2 is 2.21 bits per heavy atom. The molecule has 19 heavy (non-hydrogen) atoms. The second-order valence-corrected chi connectivity index (χ2v) is 4.09. The van der Waals surface area contributed by atoms with Crippen molar-refractivity contribution in [1.82, 2.24) is 20.2 Å². The lowest BCUT2D eigenvalue weighted by atomic mass is 10.2. The second kappa shape index (κ2) is 5.94. The molecule has 0 aliphatic rings. The Bertz CT molecular complexity index is 539. The predicted octanol–water partition coefficient (Wildman–Crippen LogP) is 0.768. The first-order valence-electron chi connectivity index (χ1n) is 6.01. The van der Waals surface area contributed by atoms with Crippen LogP contribution in [-0.2, 0) is 11.3 Å². The number of rotatable bonds is 5. The summed E-state index contributed by atoms with van der Waals surface area (Å²) in [5, 5.41) is 13.5. The van der Waals surface area contributed by atoms with Gasteiger partial charge in [-0.25, -0.2) is 4.68 Å². The van der Waals surface area contributed by atoms with E-state index in [0.29, 0.717) is 0 Å². The number of hydrogen-bond acceptors (Lipinski definition) is 5. The van der Waals surface area contributed by atoms with Crippen molar-refractivity contribution in [2.24, 2.45) is 0 Å². The number of amides is 1. The van der Waals surface area contributed by atoms with E-state index in [-0.39, 0.29) is 12.5 Å². The summed E-state index contributed by atoms with van der Waals surface area (Å²) in [6.45, 7) is 3.01. The first-order valence-corrected chi connectivity index (χ1v) is 6.01. The molecule has 0 fully saturated rings. The number of para-hydroxylation sites is 2. The van der Waals surface area contributed by atoms with Crippen LogP contribution in [0, 0.1) is 0 Å². The van der Waals surface area contributed by atoms with Gasteiger partial charge < -0.3 is 10.2 Å². The minimum Gasteiger partial charge on any atom is -0.373 e. The van der Waals surface area contributed by atoms with Gasteiger partial charge in [-0.05, 0) is 29.5 Å². The van der Waals surface area contributed by atoms with Crippen LogP contribution in [0.25, 0.3) is 0 Å². The fraction of sp³-hybridized carbons (Fsp3) is 0.333. The van der Waals surface area contributed by atoms with Gasteiger partial charge in [-0.3, -0.25) is 4.79 Å². The molecule has 1 aromatic carbocycles. The summed E-state index contributed by atoms with van der Waals surface area (Å²) in [7, 11) is 1.98. The Balaban J connectivity index is 2.08. The van der Waals surface area contributed by atoms with Gasteiger partial charge in [-0.15, -0.1) is 5.10 Å². The van der Waals surface area contributed by atoms with Gasteiger partial charge in [0.15, 0.2) is 0 Å². The minimum atomic E-state index is -0.163. The molecule has 2 aromatic rings. The van der Waals surface area contributed by atoms with Crippen molar-refractivity contribution in [1.29, 1.82) is 0 Å². The average molecular weight is 260 g/mol. The number of nitrogens with one attached hydrogen (secondary N) is 1. The van der Waals surface area contributed by atoms with Crippen LogP contribution >= 0.6 is 0 Å². The highest BCUT2D eigenvalue weighted by atomic mass is 16.2. The largest absolute Gasteiger partial charge is 0.373 e. The summed E-state index contributed by atoms with van der Waals surface area (Å²) in [6.07, 6.45) is 1.41. The number of anilines is 2. The van der Waals surface area contributed by atoms with Crippen molar-refractivity contribution in [2.75, 3.05) is 23.8 Å². The number of nitrogens with zero attached hydrogens (tertiary/aromatic N) is 5. The van der Waals surface area contributed by atoms with E-state index in [2.05, 4.69) is 32.7 Å². The van der Waals surface area contributed by atoms with Crippen molar-refractivity contribution in [3.05, 3.63) is 30.6 Å². The molecule has 100 valence electrons. The molecule has 0 spiro atoms. The number of carbonyl (C=O) groups excluding carboxylic acids is 1. The van der Waals surface area contributed by atoms with Crippen LogP contribution in [0.15, 0.2) is 30.6 Å². The van der Waals surface area contributed by atoms with Crippen molar-refractivity contribution in [3.8, 4) is 0 Å². The number of benzene rings is 1. The fourth-order valence-electron chi connectivity index (χ4n) is 1.67. The maximum atomic E-state index is 11.9. The lowest BCUT2D eigenvalue weighted by Crippen LogP contribution is -2.22. The van der Waals surface area contributed by atoms with Gasteiger partial charge in [0.05, 0.1) is 11.4 Å². The minimum absolute atomic E-state index is 0.0944. The average Bonchev–Trinajstić information content (AvgIpc) is 2.91. The molecular formula is C12H16N6O. The topological polar surface area (TPSA) is 75.9 Å². The summed E-state index contributed by atoms with van der Waals surface area (Å²) in [6, 6.07) is 7.67. The smallest absolute Gasteiger partial charge is 0.246 e. The molecule has 2 rings (SSSR count). The highest BCUT2D eigenvalue weighted by Crippen LogP contribution is 2.24. The molecule has 0 saturated heterocycles. The van der Waals surface area contributed by atoms with E-state index in [4.69, 9.17) is 0 Å². The Labute approximate surface area is 111 Å². The first-order chi connectivity index (χ1) is 9.20. The van der Waals surface area contributed by atoms with Gasteiger partial charge in [0.2, 0.25) is 5.91 Å². The quantitative estimate of drug-likeness (QED) is 0.859. The van der Waals surface area contributed by atoms with Gasteiger partial charge in [-0.2, -0.15) is 0 Å². The Hall–Kier alpha value is -2.44. The van der Waals surface area contributed by atoms with Crippen LogP contribution in [0.4, 0.5) is 11.4 Å². The number of hydrogen-bond donors (Lipinski definition) is 1. The molecule has 0 bridgehead atoms. The summed E-state index contributed by atoms with van der Waals surface area (Å²) in [5.41, 5.74) is 1.76. The highest BCUT2D eigenvalue weighted by molar-refractivity contribution is 5.94. The molecule has 0 unspecified atom stereocenters. The van der Waals surface area contributed by atoms with Crippen LogP contribution in [0.3, 0.4) is 0 Å². The lowest BCUT2D eigenvalue weighted by Gasteiger charge is -2.20. The maximum Gasteiger partial charge on any atom is 0.246 e. The van der Waals surface area contributed by atoms with Crippen LogP contribution in [0.1, 0.15) is 6.92 Å². The number of aromatic nitrogens is 4. The Kier molecular flexibility index (Phi) is 4.07. The van der Waals surface area contributed by atoms with Crippen LogP contribution < -0.4 is 10.2 Å². The molecule has 7 heteroatoms. The molecule has 1 aromatic heterocycles. The van der Waals surface area contributed by atoms with Crippen LogP contribution in [-0.4, -0.2) is 39.7 Å². The summed E-state index contributed by atoms with van der Waals surface area (Å²) < 4.78 is 1.38. The van der Waals surface area contributed by atoms with E-state index in [9.17, 15) is 4.79 Å². The van der Waals surface area contributed by atoms with E-state index >= 15 is 0 Å². The first kappa shape index (κ1) is 13.0. The van der Waals surface area contributed by atoms with E-state index in [1.807, 2.05) is 31.3 Å². The molecule has 0 saturated carbocycles. The van der Waals surface area contributed by atoms with Crippen molar-refractivity contribution < 1.29 is 4.79 Å². The van der Waals surface area contributed by atoms with Gasteiger partial charge in [0.25, 0.3) is 0 Å². The number of carbonyl (C=O) groups is 1. The molecule has 0 aliphatic heterocycles. The van der Waals surface area contributed by atoms with Gasteiger partial charge in [0, 0.05) is 13.6 Å². The van der Waals surface area contributed by atoms with Gasteiger partial charge in [-0.1, -0.05) is 12.1 Å². The fourth-order valence-corrected chi connectivity index (χ4v) is 1.67. The molecule has 0 aliphatic carbocycles. The molecule has 1 N–H and O–H groups in total. The summed E-state index contributed by atoms with van der Waals surface area (Å²) in [5.74, 6) is -0.163. The van der Waals surface area contributed by atoms with Crippen LogP contribution in [0.5, 0.6) is 0 Å². The molecule has 1 heterocycles. The summed E-state index contributed by atoms with van der Waals surface area (Å²) >= 11 is 0. The normalized spacial score (nSPS) is 10.2. The number of tetrazole rings is 1. The second-order valence-electron chi connectivity index (χ2n) is 4.09. The third kappa shape index (κ3) is 3.27. The van der Waals surface area contributed by atoms with Gasteiger partial charge >= 0.3 is 0 Å². The maximum absolute atomic E-state index is 11.9. The molecule has 1 amide bonds. The standard InChI is InChI=1S/C12H16N6O/c1-3-17(2)11-7-5-4-6-10(11)14-12(19)8-18-9-13-15-16-18/h4-7,9H,3,8H2,1-2H3,(H,14,19). The molecule has 0 atom stereocenters. The summed E-state index contributed by atoms with van der Waals surface area (Å²) in [4.78, 5) is 14.0. The zero-order valence-electron chi connectivity index (χ0n) is 10.9. The molecule has 7 nitrogen and oxygen atoms in total. The lowest BCUT2D eigenvalue weighted by molar-refractivity contribution is -0.116. The monoisotopic (exact) mass is 260 g/mol. The SMILES string of the molecule is CCN(C)c1ccccc1NC(=O)Cn1cnnn1.